The Balaban J connectivity index is 2.03. The Morgan fingerprint density at radius 3 is 2.87 bits per heavy atom. The maximum Gasteiger partial charge on any atom is 0.249 e. The standard InChI is InChI=1S/C9H11N5O/c1-7(14-4-2-3-5-14)8(15)12-9-10-6-11-13-9/h2-7H,1H3,(H2,10,11,12,13,15). The van der Waals surface area contributed by atoms with Crippen molar-refractivity contribution in [2.45, 2.75) is 13.0 Å². The minimum Gasteiger partial charge on any atom is -0.342 e. The molecule has 0 saturated carbocycles. The van der Waals surface area contributed by atoms with E-state index in [0.717, 1.165) is 0 Å². The summed E-state index contributed by atoms with van der Waals surface area (Å²) in [7, 11) is 0. The lowest BCUT2D eigenvalue weighted by Gasteiger charge is -2.11. The van der Waals surface area contributed by atoms with Gasteiger partial charge in [0.25, 0.3) is 0 Å². The van der Waals surface area contributed by atoms with E-state index < -0.39 is 0 Å². The van der Waals surface area contributed by atoms with Crippen molar-refractivity contribution >= 4 is 11.9 Å². The van der Waals surface area contributed by atoms with Crippen molar-refractivity contribution in [2.24, 2.45) is 0 Å². The summed E-state index contributed by atoms with van der Waals surface area (Å²) >= 11 is 0. The molecule has 15 heavy (non-hydrogen) atoms. The molecule has 2 aromatic heterocycles. The quantitative estimate of drug-likeness (QED) is 0.778. The van der Waals surface area contributed by atoms with Crippen LogP contribution in [0.15, 0.2) is 30.9 Å². The molecule has 2 aromatic rings. The van der Waals surface area contributed by atoms with Gasteiger partial charge in [-0.1, -0.05) is 0 Å². The SMILES string of the molecule is CC(C(=O)Nc1ncn[nH]1)n1cccc1. The lowest BCUT2D eigenvalue weighted by molar-refractivity contribution is -0.118. The summed E-state index contributed by atoms with van der Waals surface area (Å²) in [5.74, 6) is 0.224. The van der Waals surface area contributed by atoms with E-state index in [1.807, 2.05) is 36.0 Å². The smallest absolute Gasteiger partial charge is 0.249 e. The number of carbonyl (C=O) groups excluding carboxylic acids is 1. The molecule has 0 aromatic carbocycles. The minimum absolute atomic E-state index is 0.136. The molecule has 1 unspecified atom stereocenters. The maximum atomic E-state index is 11.7. The molecule has 0 aliphatic carbocycles. The van der Waals surface area contributed by atoms with Crippen molar-refractivity contribution in [3.8, 4) is 0 Å². The number of nitrogens with one attached hydrogen (secondary N) is 2. The van der Waals surface area contributed by atoms with Gasteiger partial charge in [0.2, 0.25) is 11.9 Å². The second-order valence-electron chi connectivity index (χ2n) is 3.13. The molecule has 2 N–H and O–H groups in total. The van der Waals surface area contributed by atoms with Crippen molar-refractivity contribution in [2.75, 3.05) is 5.32 Å². The third-order valence-electron chi connectivity index (χ3n) is 2.11. The first-order valence-electron chi connectivity index (χ1n) is 4.56. The van der Waals surface area contributed by atoms with Crippen LogP contribution in [0.2, 0.25) is 0 Å². The van der Waals surface area contributed by atoms with Gasteiger partial charge in [-0.25, -0.2) is 5.10 Å². The Morgan fingerprint density at radius 2 is 2.27 bits per heavy atom. The second-order valence-corrected chi connectivity index (χ2v) is 3.13. The zero-order chi connectivity index (χ0) is 10.7. The Bertz CT molecular complexity index is 419. The third kappa shape index (κ3) is 2.04. The summed E-state index contributed by atoms with van der Waals surface area (Å²) in [4.78, 5) is 15.5. The maximum absolute atomic E-state index is 11.7. The van der Waals surface area contributed by atoms with Crippen LogP contribution >= 0.6 is 0 Å². The topological polar surface area (TPSA) is 75.6 Å². The summed E-state index contributed by atoms with van der Waals surface area (Å²) in [6, 6.07) is 3.47. The summed E-state index contributed by atoms with van der Waals surface area (Å²) in [5, 5.41) is 8.83. The summed E-state index contributed by atoms with van der Waals surface area (Å²) in [6.07, 6.45) is 5.02. The normalized spacial score (nSPS) is 12.3. The van der Waals surface area contributed by atoms with Crippen LogP contribution in [0.4, 0.5) is 5.95 Å². The van der Waals surface area contributed by atoms with Gasteiger partial charge in [-0.05, 0) is 19.1 Å². The molecule has 0 saturated heterocycles. The largest absolute Gasteiger partial charge is 0.342 e. The van der Waals surface area contributed by atoms with Gasteiger partial charge in [0.15, 0.2) is 0 Å². The molecular formula is C9H11N5O. The van der Waals surface area contributed by atoms with Gasteiger partial charge in [-0.15, -0.1) is 0 Å². The number of nitrogens with zero attached hydrogens (tertiary/aromatic N) is 3. The van der Waals surface area contributed by atoms with Crippen LogP contribution < -0.4 is 5.32 Å². The van der Waals surface area contributed by atoms with E-state index in [1.54, 1.807) is 0 Å². The number of rotatable bonds is 3. The molecule has 0 radical (unpaired) electrons. The van der Waals surface area contributed by atoms with Gasteiger partial charge in [-0.2, -0.15) is 10.1 Å². The van der Waals surface area contributed by atoms with Gasteiger partial charge in [0.05, 0.1) is 0 Å². The Morgan fingerprint density at radius 1 is 1.53 bits per heavy atom. The third-order valence-corrected chi connectivity index (χ3v) is 2.11. The first-order valence-corrected chi connectivity index (χ1v) is 4.56. The molecule has 0 aliphatic rings. The number of carbonyl (C=O) groups is 1. The molecule has 1 atom stereocenters. The molecule has 0 aliphatic heterocycles. The predicted octanol–water partition coefficient (Wildman–Crippen LogP) is 0.806. The first-order chi connectivity index (χ1) is 7.27. The van der Waals surface area contributed by atoms with Crippen molar-refractivity contribution < 1.29 is 4.79 Å². The van der Waals surface area contributed by atoms with Crippen molar-refractivity contribution in [1.82, 2.24) is 19.7 Å². The summed E-state index contributed by atoms with van der Waals surface area (Å²) < 4.78 is 1.81. The molecule has 6 heteroatoms. The number of hydrogen-bond donors (Lipinski definition) is 2. The minimum atomic E-state index is -0.273. The van der Waals surface area contributed by atoms with E-state index in [-0.39, 0.29) is 11.9 Å². The lowest BCUT2D eigenvalue weighted by Crippen LogP contribution is -2.23. The average molecular weight is 205 g/mol. The molecule has 6 nitrogen and oxygen atoms in total. The fourth-order valence-electron chi connectivity index (χ4n) is 1.23. The summed E-state index contributed by atoms with van der Waals surface area (Å²) in [6.45, 7) is 1.81. The zero-order valence-corrected chi connectivity index (χ0v) is 8.21. The highest BCUT2D eigenvalue weighted by atomic mass is 16.2. The molecule has 78 valence electrons. The van der Waals surface area contributed by atoms with Crippen LogP contribution in [-0.4, -0.2) is 25.7 Å². The van der Waals surface area contributed by atoms with Gasteiger partial charge >= 0.3 is 0 Å². The predicted molar refractivity (Wildman–Crippen MR) is 54.2 cm³/mol. The Kier molecular flexibility index (Phi) is 2.49. The van der Waals surface area contributed by atoms with Crippen LogP contribution in [0, 0.1) is 0 Å². The molecular weight excluding hydrogens is 194 g/mol. The fourth-order valence-corrected chi connectivity index (χ4v) is 1.23. The average Bonchev–Trinajstić information content (AvgIpc) is 2.88. The van der Waals surface area contributed by atoms with Crippen LogP contribution in [0.5, 0.6) is 0 Å². The van der Waals surface area contributed by atoms with Crippen molar-refractivity contribution in [3.63, 3.8) is 0 Å². The Hall–Kier alpha value is -2.11. The van der Waals surface area contributed by atoms with Gasteiger partial charge in [0.1, 0.15) is 12.4 Å². The number of aromatic amines is 1. The number of H-pyrrole nitrogens is 1. The highest BCUT2D eigenvalue weighted by Gasteiger charge is 2.14. The molecule has 2 rings (SSSR count). The number of aromatic nitrogens is 4. The van der Waals surface area contributed by atoms with Crippen molar-refractivity contribution in [3.05, 3.63) is 30.9 Å². The first kappa shape index (κ1) is 9.45. The summed E-state index contributed by atoms with van der Waals surface area (Å²) in [5.41, 5.74) is 0. The second kappa shape index (κ2) is 3.95. The fraction of sp³-hybridized carbons (Fsp3) is 0.222. The molecule has 0 fully saturated rings. The van der Waals surface area contributed by atoms with E-state index in [4.69, 9.17) is 0 Å². The lowest BCUT2D eigenvalue weighted by atomic mass is 10.3. The van der Waals surface area contributed by atoms with Crippen LogP contribution in [-0.2, 0) is 4.79 Å². The van der Waals surface area contributed by atoms with Gasteiger partial charge in [-0.3, -0.25) is 10.1 Å². The van der Waals surface area contributed by atoms with E-state index in [9.17, 15) is 4.79 Å². The molecule has 1 amide bonds. The molecule has 0 bridgehead atoms. The highest BCUT2D eigenvalue weighted by Crippen LogP contribution is 2.08. The van der Waals surface area contributed by atoms with Gasteiger partial charge < -0.3 is 4.57 Å². The highest BCUT2D eigenvalue weighted by molar-refractivity contribution is 5.91. The number of hydrogen-bond acceptors (Lipinski definition) is 3. The molecule has 0 spiro atoms. The molecule has 2 heterocycles. The monoisotopic (exact) mass is 205 g/mol. The van der Waals surface area contributed by atoms with Crippen LogP contribution in [0.25, 0.3) is 0 Å². The van der Waals surface area contributed by atoms with E-state index in [0.29, 0.717) is 5.95 Å². The van der Waals surface area contributed by atoms with E-state index >= 15 is 0 Å². The van der Waals surface area contributed by atoms with Gasteiger partial charge in [0, 0.05) is 12.4 Å². The Labute approximate surface area is 86.3 Å². The number of anilines is 1. The van der Waals surface area contributed by atoms with E-state index in [1.165, 1.54) is 6.33 Å². The zero-order valence-electron chi connectivity index (χ0n) is 8.21. The van der Waals surface area contributed by atoms with Crippen LogP contribution in [0.3, 0.4) is 0 Å². The number of amides is 1. The van der Waals surface area contributed by atoms with E-state index in [2.05, 4.69) is 20.5 Å². The van der Waals surface area contributed by atoms with Crippen LogP contribution in [0.1, 0.15) is 13.0 Å². The van der Waals surface area contributed by atoms with Crippen molar-refractivity contribution in [1.29, 1.82) is 0 Å².